The summed E-state index contributed by atoms with van der Waals surface area (Å²) in [4.78, 5) is 0. The predicted molar refractivity (Wildman–Crippen MR) is 52.4 cm³/mol. The van der Waals surface area contributed by atoms with E-state index in [-0.39, 0.29) is 17.5 Å². The first-order valence-corrected chi connectivity index (χ1v) is 6.34. The van der Waals surface area contributed by atoms with Gasteiger partial charge >= 0.3 is 0 Å². The van der Waals surface area contributed by atoms with Crippen LogP contribution in [0.25, 0.3) is 0 Å². The number of fused-ring (bicyclic) bond motifs is 1. The van der Waals surface area contributed by atoms with Gasteiger partial charge in [-0.15, -0.1) is 0 Å². The molecule has 1 aromatic heterocycles. The molecular formula is C8H13N3O2S. The fourth-order valence-corrected chi connectivity index (χ4v) is 3.13. The number of aromatic nitrogens is 2. The quantitative estimate of drug-likeness (QED) is 0.684. The molecule has 0 fully saturated rings. The molecule has 6 heteroatoms. The van der Waals surface area contributed by atoms with Gasteiger partial charge in [0.05, 0.1) is 17.2 Å². The van der Waals surface area contributed by atoms with Crippen LogP contribution in [0, 0.1) is 0 Å². The lowest BCUT2D eigenvalue weighted by molar-refractivity contribution is 0.590. The van der Waals surface area contributed by atoms with Crippen molar-refractivity contribution >= 4 is 9.84 Å². The van der Waals surface area contributed by atoms with Gasteiger partial charge in [-0.25, -0.2) is 8.42 Å². The van der Waals surface area contributed by atoms with E-state index in [4.69, 9.17) is 5.73 Å². The Morgan fingerprint density at radius 2 is 2.29 bits per heavy atom. The third kappa shape index (κ3) is 1.55. The lowest BCUT2D eigenvalue weighted by Crippen LogP contribution is -2.20. The number of rotatable bonds is 1. The molecular weight excluding hydrogens is 202 g/mol. The van der Waals surface area contributed by atoms with E-state index in [0.717, 1.165) is 11.3 Å². The fraction of sp³-hybridized carbons (Fsp3) is 0.625. The molecule has 0 saturated carbocycles. The highest BCUT2D eigenvalue weighted by Gasteiger charge is 2.26. The predicted octanol–water partition coefficient (Wildman–Crippen LogP) is -0.0997. The van der Waals surface area contributed by atoms with Gasteiger partial charge in [0.25, 0.3) is 0 Å². The molecule has 1 unspecified atom stereocenters. The third-order valence-electron chi connectivity index (χ3n) is 2.44. The van der Waals surface area contributed by atoms with Gasteiger partial charge in [-0.2, -0.15) is 5.10 Å². The van der Waals surface area contributed by atoms with Gasteiger partial charge in [-0.05, 0) is 6.92 Å². The molecule has 14 heavy (non-hydrogen) atoms. The topological polar surface area (TPSA) is 88.8 Å². The zero-order chi connectivity index (χ0) is 10.3. The third-order valence-corrected chi connectivity index (χ3v) is 4.00. The fourth-order valence-electron chi connectivity index (χ4n) is 1.71. The van der Waals surface area contributed by atoms with Crippen LogP contribution in [0.1, 0.15) is 29.9 Å². The van der Waals surface area contributed by atoms with E-state index in [1.54, 1.807) is 6.92 Å². The number of hydrogen-bond acceptors (Lipinski definition) is 4. The number of nitrogens with zero attached hydrogens (tertiary/aromatic N) is 1. The van der Waals surface area contributed by atoms with Crippen LogP contribution >= 0.6 is 0 Å². The van der Waals surface area contributed by atoms with E-state index in [1.165, 1.54) is 0 Å². The van der Waals surface area contributed by atoms with Crippen LogP contribution in [0.2, 0.25) is 0 Å². The monoisotopic (exact) mass is 215 g/mol. The van der Waals surface area contributed by atoms with Gasteiger partial charge < -0.3 is 5.73 Å². The number of sulfone groups is 1. The summed E-state index contributed by atoms with van der Waals surface area (Å²) in [6, 6.07) is -0.219. The standard InChI is InChI=1S/C8H13N3O2S/c1-5(9)8-6-4-14(12,13)3-2-7(6)10-11-8/h5H,2-4,9H2,1H3,(H,10,11). The Kier molecular flexibility index (Phi) is 2.11. The van der Waals surface area contributed by atoms with E-state index in [1.807, 2.05) is 0 Å². The molecule has 78 valence electrons. The first-order valence-electron chi connectivity index (χ1n) is 4.51. The van der Waals surface area contributed by atoms with Crippen molar-refractivity contribution in [2.45, 2.75) is 25.1 Å². The first-order chi connectivity index (χ1) is 6.49. The Morgan fingerprint density at radius 1 is 1.57 bits per heavy atom. The number of aromatic amines is 1. The number of nitrogens with two attached hydrogens (primary N) is 1. The summed E-state index contributed by atoms with van der Waals surface area (Å²) in [7, 11) is -2.94. The Hall–Kier alpha value is -0.880. The van der Waals surface area contributed by atoms with Crippen molar-refractivity contribution in [3.63, 3.8) is 0 Å². The molecule has 1 aliphatic rings. The van der Waals surface area contributed by atoms with Crippen LogP contribution in [0.4, 0.5) is 0 Å². The van der Waals surface area contributed by atoms with E-state index < -0.39 is 9.84 Å². The Labute approximate surface area is 82.6 Å². The molecule has 5 nitrogen and oxygen atoms in total. The molecule has 0 bridgehead atoms. The van der Waals surface area contributed by atoms with Crippen molar-refractivity contribution in [3.8, 4) is 0 Å². The van der Waals surface area contributed by atoms with Gasteiger partial charge in [0.15, 0.2) is 9.84 Å². The molecule has 0 aromatic carbocycles. The van der Waals surface area contributed by atoms with Crippen molar-refractivity contribution in [3.05, 3.63) is 17.0 Å². The maximum Gasteiger partial charge on any atom is 0.154 e. The SMILES string of the molecule is CC(N)c1n[nH]c2c1CS(=O)(=O)CC2. The van der Waals surface area contributed by atoms with E-state index in [9.17, 15) is 8.42 Å². The summed E-state index contributed by atoms with van der Waals surface area (Å²) in [5.41, 5.74) is 8.08. The molecule has 0 radical (unpaired) electrons. The van der Waals surface area contributed by atoms with Gasteiger partial charge in [0.2, 0.25) is 0 Å². The minimum Gasteiger partial charge on any atom is -0.323 e. The van der Waals surface area contributed by atoms with Crippen LogP contribution in [-0.4, -0.2) is 24.4 Å². The van der Waals surface area contributed by atoms with Crippen LogP contribution in [0.3, 0.4) is 0 Å². The Bertz CT molecular complexity index is 447. The zero-order valence-corrected chi connectivity index (χ0v) is 8.76. The molecule has 1 aliphatic heterocycles. The zero-order valence-electron chi connectivity index (χ0n) is 7.95. The largest absolute Gasteiger partial charge is 0.323 e. The van der Waals surface area contributed by atoms with Gasteiger partial charge in [-0.1, -0.05) is 0 Å². The normalized spacial score (nSPS) is 21.6. The maximum absolute atomic E-state index is 11.4. The number of H-pyrrole nitrogens is 1. The van der Waals surface area contributed by atoms with Crippen LogP contribution < -0.4 is 5.73 Å². The molecule has 2 rings (SSSR count). The summed E-state index contributed by atoms with van der Waals surface area (Å²) in [6.07, 6.45) is 0.525. The van der Waals surface area contributed by atoms with Crippen molar-refractivity contribution < 1.29 is 8.42 Å². The highest BCUT2D eigenvalue weighted by atomic mass is 32.2. The number of nitrogens with one attached hydrogen (secondary N) is 1. The minimum atomic E-state index is -2.94. The van der Waals surface area contributed by atoms with Crippen LogP contribution in [0.5, 0.6) is 0 Å². The smallest absolute Gasteiger partial charge is 0.154 e. The van der Waals surface area contributed by atoms with Crippen molar-refractivity contribution in [1.82, 2.24) is 10.2 Å². The molecule has 0 aliphatic carbocycles. The molecule has 0 spiro atoms. The van der Waals surface area contributed by atoms with Crippen molar-refractivity contribution in [2.24, 2.45) is 5.73 Å². The van der Waals surface area contributed by atoms with Gasteiger partial charge in [-0.3, -0.25) is 5.10 Å². The second-order valence-corrected chi connectivity index (χ2v) is 5.88. The summed E-state index contributed by atoms with van der Waals surface area (Å²) in [6.45, 7) is 1.80. The Morgan fingerprint density at radius 3 is 2.93 bits per heavy atom. The summed E-state index contributed by atoms with van der Waals surface area (Å²) in [5, 5.41) is 6.90. The van der Waals surface area contributed by atoms with Gasteiger partial charge in [0.1, 0.15) is 0 Å². The molecule has 0 amide bonds. The highest BCUT2D eigenvalue weighted by Crippen LogP contribution is 2.24. The second kappa shape index (κ2) is 3.06. The summed E-state index contributed by atoms with van der Waals surface area (Å²) < 4.78 is 22.8. The summed E-state index contributed by atoms with van der Waals surface area (Å²) in [5.74, 6) is 0.288. The second-order valence-electron chi connectivity index (χ2n) is 3.70. The van der Waals surface area contributed by atoms with E-state index in [2.05, 4.69) is 10.2 Å². The van der Waals surface area contributed by atoms with Gasteiger partial charge in [0, 0.05) is 23.7 Å². The summed E-state index contributed by atoms with van der Waals surface area (Å²) >= 11 is 0. The lowest BCUT2D eigenvalue weighted by atomic mass is 10.1. The Balaban J connectivity index is 2.48. The number of hydrogen-bond donors (Lipinski definition) is 2. The first kappa shape index (κ1) is 9.67. The van der Waals surface area contributed by atoms with Crippen LogP contribution in [0.15, 0.2) is 0 Å². The lowest BCUT2D eigenvalue weighted by Gasteiger charge is -2.13. The molecule has 0 saturated heterocycles. The highest BCUT2D eigenvalue weighted by molar-refractivity contribution is 7.90. The van der Waals surface area contributed by atoms with Crippen LogP contribution in [-0.2, 0) is 22.0 Å². The maximum atomic E-state index is 11.4. The van der Waals surface area contributed by atoms with Crippen molar-refractivity contribution in [2.75, 3.05) is 5.75 Å². The van der Waals surface area contributed by atoms with Crippen molar-refractivity contribution in [1.29, 1.82) is 0 Å². The molecule has 1 aromatic rings. The minimum absolute atomic E-state index is 0.0791. The molecule has 2 heterocycles. The average molecular weight is 215 g/mol. The molecule has 1 atom stereocenters. The van der Waals surface area contributed by atoms with E-state index >= 15 is 0 Å². The van der Waals surface area contributed by atoms with E-state index in [0.29, 0.717) is 12.1 Å². The average Bonchev–Trinajstić information content (AvgIpc) is 2.44. The molecule has 3 N–H and O–H groups in total. The number of aryl methyl sites for hydroxylation is 1.